The maximum absolute atomic E-state index is 12.2. The lowest BCUT2D eigenvalue weighted by atomic mass is 9.93. The molecule has 2 aromatic rings. The third kappa shape index (κ3) is 6.98. The average Bonchev–Trinajstić information content (AvgIpc) is 3.13. The molecule has 0 N–H and O–H groups in total. The molecule has 1 saturated heterocycles. The van der Waals surface area contributed by atoms with E-state index < -0.39 is 0 Å². The Hall–Kier alpha value is -2.59. The molecule has 1 atom stereocenters. The monoisotopic (exact) mass is 492 g/mol. The molecule has 0 saturated carbocycles. The number of allylic oxidation sites excluding steroid dienone is 2. The molecule has 4 nitrogen and oxygen atoms in total. The van der Waals surface area contributed by atoms with Gasteiger partial charge in [-0.25, -0.2) is 4.79 Å². The molecule has 2 aliphatic rings. The molecule has 4 rings (SSSR count). The Morgan fingerprint density at radius 3 is 2.77 bits per heavy atom. The first-order valence-corrected chi connectivity index (χ1v) is 13.5. The molecule has 0 radical (unpaired) electrons. The summed E-state index contributed by atoms with van der Waals surface area (Å²) in [4.78, 5) is 18.9. The number of amides is 1. The highest BCUT2D eigenvalue weighted by molar-refractivity contribution is 6.31. The summed E-state index contributed by atoms with van der Waals surface area (Å²) in [6, 6.07) is 10.3. The smallest absolute Gasteiger partial charge is 0.409 e. The van der Waals surface area contributed by atoms with Gasteiger partial charge in [0.15, 0.2) is 0 Å². The Bertz CT molecular complexity index is 1160. The fourth-order valence-corrected chi connectivity index (χ4v) is 5.48. The molecule has 1 amide bonds. The van der Waals surface area contributed by atoms with Crippen LogP contribution in [0.2, 0.25) is 5.02 Å². The molecule has 5 heteroatoms. The van der Waals surface area contributed by atoms with Crippen molar-refractivity contribution in [2.45, 2.75) is 70.6 Å². The van der Waals surface area contributed by atoms with Crippen LogP contribution in [-0.4, -0.2) is 35.7 Å². The minimum Gasteiger partial charge on any atom is -0.450 e. The van der Waals surface area contributed by atoms with Gasteiger partial charge in [-0.1, -0.05) is 53.6 Å². The first-order valence-electron chi connectivity index (χ1n) is 13.1. The summed E-state index contributed by atoms with van der Waals surface area (Å²) in [5.74, 6) is 0.374. The zero-order chi connectivity index (χ0) is 24.5. The lowest BCUT2D eigenvalue weighted by Gasteiger charge is -2.19. The Balaban J connectivity index is 1.47. The van der Waals surface area contributed by atoms with Gasteiger partial charge in [-0.2, -0.15) is 0 Å². The van der Waals surface area contributed by atoms with Crippen molar-refractivity contribution in [2.75, 3.05) is 19.7 Å². The van der Waals surface area contributed by atoms with E-state index in [-0.39, 0.29) is 6.09 Å². The number of hydrogen-bond acceptors (Lipinski definition) is 3. The van der Waals surface area contributed by atoms with E-state index in [1.807, 2.05) is 30.2 Å². The molecular weight excluding hydrogens is 456 g/mol. The zero-order valence-corrected chi connectivity index (χ0v) is 21.6. The molecule has 0 spiro atoms. The summed E-state index contributed by atoms with van der Waals surface area (Å²) in [6.45, 7) is 3.78. The van der Waals surface area contributed by atoms with Crippen molar-refractivity contribution in [3.63, 3.8) is 0 Å². The molecule has 186 valence electrons. The topological polar surface area (TPSA) is 42.4 Å². The van der Waals surface area contributed by atoms with Crippen molar-refractivity contribution in [3.8, 4) is 0 Å². The number of carbonyl (C=O) groups is 1. The van der Waals surface area contributed by atoms with Gasteiger partial charge in [0.2, 0.25) is 0 Å². The number of halogens is 1. The predicted octanol–water partition coefficient (Wildman–Crippen LogP) is 6.16. The van der Waals surface area contributed by atoms with Crippen LogP contribution in [0.4, 0.5) is 4.79 Å². The van der Waals surface area contributed by atoms with Gasteiger partial charge in [0.1, 0.15) is 0 Å². The summed E-state index contributed by atoms with van der Waals surface area (Å²) >= 11 is 6.37. The number of ether oxygens (including phenoxy) is 1. The Morgan fingerprint density at radius 2 is 1.91 bits per heavy atom. The van der Waals surface area contributed by atoms with Gasteiger partial charge in [0.25, 0.3) is 0 Å². The second-order valence-corrected chi connectivity index (χ2v) is 9.90. The highest BCUT2D eigenvalue weighted by atomic mass is 35.5. The van der Waals surface area contributed by atoms with Crippen LogP contribution in [0.15, 0.2) is 48.2 Å². The third-order valence-electron chi connectivity index (χ3n) is 7.15. The van der Waals surface area contributed by atoms with Crippen LogP contribution in [0.3, 0.4) is 0 Å². The number of benzene rings is 1. The van der Waals surface area contributed by atoms with Crippen LogP contribution >= 0.6 is 11.6 Å². The molecule has 1 aliphatic carbocycles. The predicted molar refractivity (Wildman–Crippen MR) is 144 cm³/mol. The SMILES string of the molecule is CCOC(=O)N1CCCC(c2nccc3c2=CCCC=C(CCc2ccccc2Cl)CCC=3)CC1. The van der Waals surface area contributed by atoms with Gasteiger partial charge in [0, 0.05) is 30.2 Å². The molecule has 1 unspecified atom stereocenters. The van der Waals surface area contributed by atoms with Crippen molar-refractivity contribution in [2.24, 2.45) is 0 Å². The van der Waals surface area contributed by atoms with E-state index in [0.29, 0.717) is 12.5 Å². The van der Waals surface area contributed by atoms with Crippen molar-refractivity contribution in [3.05, 3.63) is 74.9 Å². The maximum atomic E-state index is 12.2. The first-order chi connectivity index (χ1) is 17.2. The fraction of sp³-hybridized carbons (Fsp3) is 0.467. The standard InChI is InChI=1S/C30H37ClN2O2/c1-2-35-30(34)33-21-8-13-26(19-22-33)29-27-14-5-3-9-23(10-7-12-24(27)18-20-32-29)16-17-25-11-4-6-15-28(25)31/h4,6,9,11-12,14-15,18,20,26H,2-3,5,7-8,10,13,16-17,19,21-22H2,1H3. The molecule has 2 heterocycles. The van der Waals surface area contributed by atoms with E-state index in [4.69, 9.17) is 21.3 Å². The van der Waals surface area contributed by atoms with Crippen LogP contribution in [0.25, 0.3) is 12.2 Å². The highest BCUT2D eigenvalue weighted by Gasteiger charge is 2.23. The van der Waals surface area contributed by atoms with Crippen molar-refractivity contribution < 1.29 is 9.53 Å². The van der Waals surface area contributed by atoms with Gasteiger partial charge in [-0.15, -0.1) is 0 Å². The Kier molecular flexibility index (Phi) is 9.42. The lowest BCUT2D eigenvalue weighted by molar-refractivity contribution is 0.108. The van der Waals surface area contributed by atoms with E-state index in [1.54, 1.807) is 0 Å². The average molecular weight is 493 g/mol. The number of pyridine rings is 1. The Morgan fingerprint density at radius 1 is 1.06 bits per heavy atom. The number of carbonyl (C=O) groups excluding carboxylic acids is 1. The van der Waals surface area contributed by atoms with E-state index in [0.717, 1.165) is 75.9 Å². The fourth-order valence-electron chi connectivity index (χ4n) is 5.25. The summed E-state index contributed by atoms with van der Waals surface area (Å²) in [7, 11) is 0. The maximum Gasteiger partial charge on any atom is 0.409 e. The number of nitrogens with zero attached hydrogens (tertiary/aromatic N) is 2. The molecular formula is C30H37ClN2O2. The van der Waals surface area contributed by atoms with Crippen molar-refractivity contribution in [1.29, 1.82) is 0 Å². The van der Waals surface area contributed by atoms with Gasteiger partial charge < -0.3 is 9.64 Å². The number of aryl methyl sites for hydroxylation is 1. The van der Waals surface area contributed by atoms with Crippen LogP contribution < -0.4 is 10.4 Å². The molecule has 1 fully saturated rings. The van der Waals surface area contributed by atoms with Gasteiger partial charge >= 0.3 is 6.09 Å². The van der Waals surface area contributed by atoms with Gasteiger partial charge in [-0.05, 0) is 92.8 Å². The van der Waals surface area contributed by atoms with Gasteiger partial charge in [-0.3, -0.25) is 4.98 Å². The van der Waals surface area contributed by atoms with E-state index in [9.17, 15) is 4.79 Å². The quantitative estimate of drug-likeness (QED) is 0.470. The molecule has 1 aromatic heterocycles. The lowest BCUT2D eigenvalue weighted by Crippen LogP contribution is -2.33. The molecule has 1 aliphatic heterocycles. The molecule has 1 aromatic carbocycles. The largest absolute Gasteiger partial charge is 0.450 e. The zero-order valence-electron chi connectivity index (χ0n) is 20.8. The first kappa shape index (κ1) is 25.5. The van der Waals surface area contributed by atoms with Crippen molar-refractivity contribution >= 4 is 29.8 Å². The van der Waals surface area contributed by atoms with E-state index in [1.165, 1.54) is 27.3 Å². The van der Waals surface area contributed by atoms with Crippen LogP contribution in [0.1, 0.15) is 75.5 Å². The summed E-state index contributed by atoms with van der Waals surface area (Å²) in [6.07, 6.45) is 18.2. The van der Waals surface area contributed by atoms with E-state index >= 15 is 0 Å². The summed E-state index contributed by atoms with van der Waals surface area (Å²) in [5, 5.41) is 3.47. The number of aromatic nitrogens is 1. The third-order valence-corrected chi connectivity index (χ3v) is 7.52. The highest BCUT2D eigenvalue weighted by Crippen LogP contribution is 2.25. The normalized spacial score (nSPS) is 18.9. The molecule has 0 bridgehead atoms. The summed E-state index contributed by atoms with van der Waals surface area (Å²) < 4.78 is 5.23. The number of fused-ring (bicyclic) bond motifs is 1. The molecule has 35 heavy (non-hydrogen) atoms. The van der Waals surface area contributed by atoms with Gasteiger partial charge in [0.05, 0.1) is 12.3 Å². The number of hydrogen-bond donors (Lipinski definition) is 0. The minimum absolute atomic E-state index is 0.186. The summed E-state index contributed by atoms with van der Waals surface area (Å²) in [5.41, 5.74) is 3.96. The Labute approximate surface area is 214 Å². The van der Waals surface area contributed by atoms with E-state index in [2.05, 4.69) is 36.4 Å². The number of likely N-dealkylation sites (tertiary alicyclic amines) is 1. The van der Waals surface area contributed by atoms with Crippen LogP contribution in [0, 0.1) is 0 Å². The minimum atomic E-state index is -0.186. The van der Waals surface area contributed by atoms with Crippen LogP contribution in [0.5, 0.6) is 0 Å². The van der Waals surface area contributed by atoms with Crippen LogP contribution in [-0.2, 0) is 11.2 Å². The number of rotatable bonds is 5. The second-order valence-electron chi connectivity index (χ2n) is 9.49. The second kappa shape index (κ2) is 12.9. The van der Waals surface area contributed by atoms with Crippen molar-refractivity contribution in [1.82, 2.24) is 9.88 Å².